The van der Waals surface area contributed by atoms with Crippen molar-refractivity contribution in [1.29, 1.82) is 0 Å². The number of aliphatic hydroxyl groups excluding tert-OH is 1. The third-order valence-corrected chi connectivity index (χ3v) is 4.17. The van der Waals surface area contributed by atoms with Crippen LogP contribution in [0.5, 0.6) is 0 Å². The Morgan fingerprint density at radius 2 is 2.17 bits per heavy atom. The lowest BCUT2D eigenvalue weighted by Gasteiger charge is -2.39. The van der Waals surface area contributed by atoms with Gasteiger partial charge in [-0.15, -0.1) is 0 Å². The van der Waals surface area contributed by atoms with Crippen molar-refractivity contribution in [3.63, 3.8) is 0 Å². The number of thioether (sulfide) groups is 2. The lowest BCUT2D eigenvalue weighted by atomic mass is 9.90. The fraction of sp³-hybridized carbons (Fsp3) is 1.00. The second-order valence-corrected chi connectivity index (χ2v) is 5.29. The smallest absolute Gasteiger partial charge is 0.0575 e. The van der Waals surface area contributed by atoms with E-state index in [0.717, 1.165) is 19.0 Å². The zero-order valence-electron chi connectivity index (χ0n) is 7.41. The predicted octanol–water partition coefficient (Wildman–Crippen LogP) is 1.09. The van der Waals surface area contributed by atoms with Crippen LogP contribution in [0.4, 0.5) is 0 Å². The van der Waals surface area contributed by atoms with Crippen molar-refractivity contribution in [1.82, 2.24) is 0 Å². The van der Waals surface area contributed by atoms with E-state index in [1.54, 1.807) is 0 Å². The van der Waals surface area contributed by atoms with E-state index in [9.17, 15) is 0 Å². The van der Waals surface area contributed by atoms with Crippen LogP contribution in [0.2, 0.25) is 0 Å². The van der Waals surface area contributed by atoms with Crippen LogP contribution in [0.15, 0.2) is 0 Å². The van der Waals surface area contributed by atoms with E-state index in [2.05, 4.69) is 6.26 Å². The van der Waals surface area contributed by atoms with E-state index in [4.69, 9.17) is 9.84 Å². The summed E-state index contributed by atoms with van der Waals surface area (Å²) in [5.74, 6) is 3.43. The first-order valence-corrected chi connectivity index (χ1v) is 6.63. The molecular formula is C8H16O2S2. The molecule has 0 aliphatic carbocycles. The van der Waals surface area contributed by atoms with Crippen molar-refractivity contribution in [3.05, 3.63) is 0 Å². The van der Waals surface area contributed by atoms with E-state index >= 15 is 0 Å². The van der Waals surface area contributed by atoms with E-state index < -0.39 is 0 Å². The molecule has 1 saturated heterocycles. The average Bonchev–Trinajstić information content (AvgIpc) is 2.02. The molecule has 1 N–H and O–H groups in total. The van der Waals surface area contributed by atoms with Gasteiger partial charge < -0.3 is 9.84 Å². The van der Waals surface area contributed by atoms with Crippen LogP contribution >= 0.6 is 23.5 Å². The molecule has 12 heavy (non-hydrogen) atoms. The van der Waals surface area contributed by atoms with Crippen molar-refractivity contribution in [2.45, 2.75) is 0 Å². The third kappa shape index (κ3) is 2.83. The normalized spacial score (nSPS) is 20.5. The number of hydrogen-bond acceptors (Lipinski definition) is 4. The summed E-state index contributed by atoms with van der Waals surface area (Å²) in [7, 11) is 0. The van der Waals surface area contributed by atoms with Crippen LogP contribution in [-0.2, 0) is 4.74 Å². The van der Waals surface area contributed by atoms with Gasteiger partial charge in [-0.1, -0.05) is 0 Å². The van der Waals surface area contributed by atoms with Crippen molar-refractivity contribution >= 4 is 23.5 Å². The number of rotatable bonds is 6. The molecule has 0 radical (unpaired) electrons. The summed E-state index contributed by atoms with van der Waals surface area (Å²) in [4.78, 5) is 0. The summed E-state index contributed by atoms with van der Waals surface area (Å²) in [5, 5.41) is 9.09. The highest BCUT2D eigenvalue weighted by atomic mass is 32.2. The summed E-state index contributed by atoms with van der Waals surface area (Å²) in [6, 6.07) is 0. The monoisotopic (exact) mass is 208 g/mol. The fourth-order valence-corrected chi connectivity index (χ4v) is 3.02. The maximum absolute atomic E-state index is 9.09. The molecule has 1 aliphatic rings. The second-order valence-electron chi connectivity index (χ2n) is 3.20. The lowest BCUT2D eigenvalue weighted by Crippen LogP contribution is -2.47. The minimum absolute atomic E-state index is 0.100. The Hall–Kier alpha value is 0.620. The Morgan fingerprint density at radius 3 is 2.58 bits per heavy atom. The molecule has 1 aliphatic heterocycles. The summed E-state index contributed by atoms with van der Waals surface area (Å²) in [6.45, 7) is 1.77. The van der Waals surface area contributed by atoms with Crippen molar-refractivity contribution in [2.75, 3.05) is 43.3 Å². The minimum atomic E-state index is 0.100. The van der Waals surface area contributed by atoms with E-state index in [1.807, 2.05) is 23.5 Å². The third-order valence-electron chi connectivity index (χ3n) is 1.99. The van der Waals surface area contributed by atoms with Crippen LogP contribution in [0.3, 0.4) is 0 Å². The average molecular weight is 208 g/mol. The topological polar surface area (TPSA) is 29.5 Å². The second kappa shape index (κ2) is 5.37. The van der Waals surface area contributed by atoms with E-state index in [0.29, 0.717) is 0 Å². The van der Waals surface area contributed by atoms with Crippen LogP contribution < -0.4 is 0 Å². The molecule has 2 nitrogen and oxygen atoms in total. The Morgan fingerprint density at radius 1 is 1.42 bits per heavy atom. The van der Waals surface area contributed by atoms with Gasteiger partial charge in [0, 0.05) is 22.7 Å². The highest BCUT2D eigenvalue weighted by Crippen LogP contribution is 2.30. The Labute approximate surface area is 82.4 Å². The van der Waals surface area contributed by atoms with Gasteiger partial charge in [-0.3, -0.25) is 0 Å². The maximum atomic E-state index is 9.09. The molecule has 0 saturated carbocycles. The molecule has 1 rings (SSSR count). The molecule has 0 spiro atoms. The molecule has 0 atom stereocenters. The van der Waals surface area contributed by atoms with Gasteiger partial charge in [-0.2, -0.15) is 23.5 Å². The first kappa shape index (κ1) is 10.7. The minimum Gasteiger partial charge on any atom is -0.396 e. The van der Waals surface area contributed by atoms with Gasteiger partial charge in [0.1, 0.15) is 0 Å². The molecule has 0 unspecified atom stereocenters. The largest absolute Gasteiger partial charge is 0.396 e. The molecular weight excluding hydrogens is 192 g/mol. The highest BCUT2D eigenvalue weighted by Gasteiger charge is 2.37. The zero-order chi connectivity index (χ0) is 8.86. The first-order chi connectivity index (χ1) is 5.83. The van der Waals surface area contributed by atoms with Crippen molar-refractivity contribution < 1.29 is 9.84 Å². The SMILES string of the molecule is CSCCSCC1(CO)COC1. The summed E-state index contributed by atoms with van der Waals surface area (Å²) in [5.41, 5.74) is 0.100. The van der Waals surface area contributed by atoms with Crippen LogP contribution in [0.25, 0.3) is 0 Å². The Bertz CT molecular complexity index is 121. The summed E-state index contributed by atoms with van der Waals surface area (Å²) >= 11 is 3.80. The quantitative estimate of drug-likeness (QED) is 0.662. The fourth-order valence-electron chi connectivity index (χ4n) is 1.04. The molecule has 72 valence electrons. The Balaban J connectivity index is 2.04. The number of hydrogen-bond donors (Lipinski definition) is 1. The number of ether oxygens (including phenoxy) is 1. The molecule has 1 heterocycles. The summed E-state index contributed by atoms with van der Waals surface area (Å²) in [6.07, 6.45) is 2.12. The maximum Gasteiger partial charge on any atom is 0.0575 e. The molecule has 0 aromatic heterocycles. The molecule has 0 amide bonds. The van der Waals surface area contributed by atoms with E-state index in [-0.39, 0.29) is 12.0 Å². The standard InChI is InChI=1S/C8H16O2S2/c1-11-2-3-12-7-8(4-9)5-10-6-8/h9H,2-7H2,1H3. The van der Waals surface area contributed by atoms with Gasteiger partial charge >= 0.3 is 0 Å². The Kier molecular flexibility index (Phi) is 4.79. The van der Waals surface area contributed by atoms with Crippen LogP contribution in [-0.4, -0.2) is 48.4 Å². The van der Waals surface area contributed by atoms with Gasteiger partial charge in [-0.05, 0) is 6.26 Å². The van der Waals surface area contributed by atoms with E-state index in [1.165, 1.54) is 11.5 Å². The zero-order valence-corrected chi connectivity index (χ0v) is 9.05. The number of aliphatic hydroxyl groups is 1. The van der Waals surface area contributed by atoms with Gasteiger partial charge in [0.25, 0.3) is 0 Å². The van der Waals surface area contributed by atoms with Crippen molar-refractivity contribution in [2.24, 2.45) is 5.41 Å². The van der Waals surface area contributed by atoms with Gasteiger partial charge in [0.05, 0.1) is 19.8 Å². The molecule has 0 bridgehead atoms. The first-order valence-electron chi connectivity index (χ1n) is 4.08. The van der Waals surface area contributed by atoms with Gasteiger partial charge in [-0.25, -0.2) is 0 Å². The molecule has 1 fully saturated rings. The van der Waals surface area contributed by atoms with Crippen LogP contribution in [0, 0.1) is 5.41 Å². The molecule has 4 heteroatoms. The van der Waals surface area contributed by atoms with Crippen molar-refractivity contribution in [3.8, 4) is 0 Å². The molecule has 0 aromatic rings. The lowest BCUT2D eigenvalue weighted by molar-refractivity contribution is -0.121. The summed E-state index contributed by atoms with van der Waals surface area (Å²) < 4.78 is 5.11. The molecule has 0 aromatic carbocycles. The highest BCUT2D eigenvalue weighted by molar-refractivity contribution is 8.02. The van der Waals surface area contributed by atoms with Gasteiger partial charge in [0.15, 0.2) is 0 Å². The van der Waals surface area contributed by atoms with Gasteiger partial charge in [0.2, 0.25) is 0 Å². The predicted molar refractivity (Wildman–Crippen MR) is 56.0 cm³/mol. The van der Waals surface area contributed by atoms with Crippen LogP contribution in [0.1, 0.15) is 0 Å².